The zero-order valence-electron chi connectivity index (χ0n) is 13.6. The molecule has 1 saturated heterocycles. The normalized spacial score (nSPS) is 21.8. The van der Waals surface area contributed by atoms with Gasteiger partial charge >= 0.3 is 5.97 Å². The van der Waals surface area contributed by atoms with E-state index in [1.165, 1.54) is 19.2 Å². The van der Waals surface area contributed by atoms with Gasteiger partial charge in [-0.05, 0) is 37.2 Å². The number of carbonyl (C=O) groups is 2. The molecule has 2 aliphatic rings. The molecule has 6 heteroatoms. The summed E-state index contributed by atoms with van der Waals surface area (Å²) in [7, 11) is 1.31. The number of hydrogen-bond donors (Lipinski definition) is 0. The number of carbonyl (C=O) groups excluding carboxylic acids is 2. The molecule has 1 aromatic carbocycles. The standard InChI is InChI=1S/C18H21F2NO3/c1-24-17(23)18(7-8-18)16(22)21-9-6-13(11-21)10-12-2-4-14(5-3-12)15(19)20/h2-5,13,15H,6-11H2,1H3/t13-/m0/s1. The van der Waals surface area contributed by atoms with Gasteiger partial charge in [0.25, 0.3) is 6.43 Å². The van der Waals surface area contributed by atoms with Gasteiger partial charge in [-0.3, -0.25) is 9.59 Å². The van der Waals surface area contributed by atoms with Crippen molar-refractivity contribution in [3.8, 4) is 0 Å². The highest BCUT2D eigenvalue weighted by Gasteiger charge is 2.59. The molecule has 1 saturated carbocycles. The van der Waals surface area contributed by atoms with Crippen LogP contribution in [0.5, 0.6) is 0 Å². The van der Waals surface area contributed by atoms with Gasteiger partial charge in [0.05, 0.1) is 7.11 Å². The minimum atomic E-state index is -2.45. The highest BCUT2D eigenvalue weighted by Crippen LogP contribution is 2.49. The maximum atomic E-state index is 12.6. The van der Waals surface area contributed by atoms with Gasteiger partial charge in [0.15, 0.2) is 0 Å². The second kappa shape index (κ2) is 6.49. The second-order valence-corrected chi connectivity index (χ2v) is 6.73. The number of benzene rings is 1. The van der Waals surface area contributed by atoms with E-state index in [4.69, 9.17) is 4.74 Å². The van der Waals surface area contributed by atoms with Gasteiger partial charge in [-0.1, -0.05) is 24.3 Å². The van der Waals surface area contributed by atoms with Crippen LogP contribution in [0.1, 0.15) is 36.8 Å². The third-order valence-corrected chi connectivity index (χ3v) is 5.06. The van der Waals surface area contributed by atoms with Crippen LogP contribution in [-0.2, 0) is 20.7 Å². The van der Waals surface area contributed by atoms with Crippen LogP contribution in [0.3, 0.4) is 0 Å². The third-order valence-electron chi connectivity index (χ3n) is 5.06. The minimum absolute atomic E-state index is 0.0238. The Hall–Kier alpha value is -1.98. The van der Waals surface area contributed by atoms with Gasteiger partial charge in [0, 0.05) is 18.7 Å². The van der Waals surface area contributed by atoms with Crippen LogP contribution in [-0.4, -0.2) is 37.0 Å². The first-order valence-electron chi connectivity index (χ1n) is 8.21. The molecule has 0 spiro atoms. The number of esters is 1. The molecule has 4 nitrogen and oxygen atoms in total. The van der Waals surface area contributed by atoms with E-state index in [1.807, 2.05) is 0 Å². The van der Waals surface area contributed by atoms with Crippen LogP contribution >= 0.6 is 0 Å². The Labute approximate surface area is 139 Å². The van der Waals surface area contributed by atoms with Crippen molar-refractivity contribution in [2.24, 2.45) is 11.3 Å². The highest BCUT2D eigenvalue weighted by atomic mass is 19.3. The van der Waals surface area contributed by atoms with Gasteiger partial charge in [0.1, 0.15) is 5.41 Å². The fourth-order valence-electron chi connectivity index (χ4n) is 3.44. The van der Waals surface area contributed by atoms with Crippen molar-refractivity contribution < 1.29 is 23.1 Å². The van der Waals surface area contributed by atoms with Crippen LogP contribution in [0.2, 0.25) is 0 Å². The fourth-order valence-corrected chi connectivity index (χ4v) is 3.44. The average molecular weight is 337 g/mol. The largest absolute Gasteiger partial charge is 0.468 e. The van der Waals surface area contributed by atoms with Crippen molar-refractivity contribution in [2.45, 2.75) is 32.1 Å². The summed E-state index contributed by atoms with van der Waals surface area (Å²) in [6, 6.07) is 6.36. The zero-order valence-corrected chi connectivity index (χ0v) is 13.6. The van der Waals surface area contributed by atoms with Crippen LogP contribution in [0.4, 0.5) is 8.78 Å². The predicted octanol–water partition coefficient (Wildman–Crippen LogP) is 2.97. The van der Waals surface area contributed by atoms with E-state index in [-0.39, 0.29) is 11.5 Å². The highest BCUT2D eigenvalue weighted by molar-refractivity contribution is 6.05. The molecule has 0 N–H and O–H groups in total. The molecule has 130 valence electrons. The second-order valence-electron chi connectivity index (χ2n) is 6.73. The van der Waals surface area contributed by atoms with Crippen molar-refractivity contribution in [2.75, 3.05) is 20.2 Å². The minimum Gasteiger partial charge on any atom is -0.468 e. The molecule has 1 aromatic rings. The zero-order chi connectivity index (χ0) is 17.3. The Kier molecular flexibility index (Phi) is 4.56. The van der Waals surface area contributed by atoms with E-state index in [0.717, 1.165) is 18.4 Å². The Morgan fingerprint density at radius 3 is 2.50 bits per heavy atom. The molecule has 3 rings (SSSR count). The van der Waals surface area contributed by atoms with E-state index in [0.29, 0.717) is 31.8 Å². The topological polar surface area (TPSA) is 46.6 Å². The molecule has 1 amide bonds. The molecule has 1 aliphatic carbocycles. The first kappa shape index (κ1) is 16.9. The third kappa shape index (κ3) is 3.14. The van der Waals surface area contributed by atoms with Crippen LogP contribution in [0.25, 0.3) is 0 Å². The first-order valence-corrected chi connectivity index (χ1v) is 8.21. The molecule has 2 fully saturated rings. The SMILES string of the molecule is COC(=O)C1(C(=O)N2CC[C@@H](Cc3ccc(C(F)F)cc3)C2)CC1. The lowest BCUT2D eigenvalue weighted by Gasteiger charge is -2.21. The van der Waals surface area contributed by atoms with Crippen molar-refractivity contribution in [1.29, 1.82) is 0 Å². The molecule has 0 radical (unpaired) electrons. The summed E-state index contributed by atoms with van der Waals surface area (Å²) in [5, 5.41) is 0. The van der Waals surface area contributed by atoms with Gasteiger partial charge < -0.3 is 9.64 Å². The Morgan fingerprint density at radius 2 is 1.96 bits per heavy atom. The Morgan fingerprint density at radius 1 is 1.29 bits per heavy atom. The summed E-state index contributed by atoms with van der Waals surface area (Å²) >= 11 is 0. The number of likely N-dealkylation sites (tertiary alicyclic amines) is 1. The van der Waals surface area contributed by atoms with E-state index in [9.17, 15) is 18.4 Å². The smallest absolute Gasteiger partial charge is 0.321 e. The monoisotopic (exact) mass is 337 g/mol. The molecule has 0 bridgehead atoms. The summed E-state index contributed by atoms with van der Waals surface area (Å²) in [5.41, 5.74) is 0.0752. The van der Waals surface area contributed by atoms with Crippen molar-refractivity contribution >= 4 is 11.9 Å². The molecular weight excluding hydrogens is 316 g/mol. The maximum absolute atomic E-state index is 12.6. The first-order chi connectivity index (χ1) is 11.5. The van der Waals surface area contributed by atoms with Crippen molar-refractivity contribution in [3.63, 3.8) is 0 Å². The number of amides is 1. The lowest BCUT2D eigenvalue weighted by Crippen LogP contribution is -2.40. The lowest BCUT2D eigenvalue weighted by molar-refractivity contribution is -0.155. The summed E-state index contributed by atoms with van der Waals surface area (Å²) in [6.45, 7) is 1.24. The number of methoxy groups -OCH3 is 1. The molecule has 1 atom stereocenters. The molecule has 1 heterocycles. The number of alkyl halides is 2. The Bertz CT molecular complexity index is 626. The number of ether oxygens (including phenoxy) is 1. The van der Waals surface area contributed by atoms with Gasteiger partial charge in [0.2, 0.25) is 5.91 Å². The predicted molar refractivity (Wildman–Crippen MR) is 83.5 cm³/mol. The molecule has 1 aliphatic heterocycles. The van der Waals surface area contributed by atoms with E-state index >= 15 is 0 Å². The van der Waals surface area contributed by atoms with Gasteiger partial charge in [-0.2, -0.15) is 0 Å². The van der Waals surface area contributed by atoms with E-state index in [2.05, 4.69) is 0 Å². The number of hydrogen-bond acceptors (Lipinski definition) is 3. The summed E-state index contributed by atoms with van der Waals surface area (Å²) < 4.78 is 29.9. The van der Waals surface area contributed by atoms with Crippen LogP contribution in [0, 0.1) is 11.3 Å². The van der Waals surface area contributed by atoms with Crippen molar-refractivity contribution in [3.05, 3.63) is 35.4 Å². The van der Waals surface area contributed by atoms with Crippen LogP contribution < -0.4 is 0 Å². The quantitative estimate of drug-likeness (QED) is 0.613. The Balaban J connectivity index is 1.58. The lowest BCUT2D eigenvalue weighted by atomic mass is 9.98. The van der Waals surface area contributed by atoms with Crippen LogP contribution in [0.15, 0.2) is 24.3 Å². The molecule has 24 heavy (non-hydrogen) atoms. The van der Waals surface area contributed by atoms with E-state index < -0.39 is 17.8 Å². The number of rotatable bonds is 5. The summed E-state index contributed by atoms with van der Waals surface area (Å²) in [4.78, 5) is 26.2. The number of halogens is 2. The van der Waals surface area contributed by atoms with E-state index in [1.54, 1.807) is 17.0 Å². The fraction of sp³-hybridized carbons (Fsp3) is 0.556. The number of nitrogens with zero attached hydrogens (tertiary/aromatic N) is 1. The summed E-state index contributed by atoms with van der Waals surface area (Å²) in [6.07, 6.45) is 0.286. The van der Waals surface area contributed by atoms with Crippen molar-refractivity contribution in [1.82, 2.24) is 4.90 Å². The molecular formula is C18H21F2NO3. The van der Waals surface area contributed by atoms with Gasteiger partial charge in [-0.25, -0.2) is 8.78 Å². The molecule has 0 aromatic heterocycles. The maximum Gasteiger partial charge on any atom is 0.321 e. The summed E-state index contributed by atoms with van der Waals surface area (Å²) in [5.74, 6) is -0.261. The average Bonchev–Trinajstić information content (AvgIpc) is 3.27. The molecule has 0 unspecified atom stereocenters. The van der Waals surface area contributed by atoms with Gasteiger partial charge in [-0.15, -0.1) is 0 Å².